The fourth-order valence-electron chi connectivity index (χ4n) is 3.73. The highest BCUT2D eigenvalue weighted by atomic mass is 19.1. The zero-order valence-electron chi connectivity index (χ0n) is 14.7. The number of carboxylic acid groups (broad SMARTS) is 1. The number of rotatable bonds is 3. The van der Waals surface area contributed by atoms with Crippen LogP contribution < -0.4 is 0 Å². The van der Waals surface area contributed by atoms with Gasteiger partial charge in [0.1, 0.15) is 5.82 Å². The zero-order valence-corrected chi connectivity index (χ0v) is 14.7. The maximum absolute atomic E-state index is 13.7. The van der Waals surface area contributed by atoms with Gasteiger partial charge in [0.25, 0.3) is 5.91 Å². The predicted octanol–water partition coefficient (Wildman–Crippen LogP) is 1.82. The van der Waals surface area contributed by atoms with Gasteiger partial charge >= 0.3 is 5.97 Å². The van der Waals surface area contributed by atoms with Crippen molar-refractivity contribution < 1.29 is 23.8 Å². The Hall–Kier alpha value is -2.74. The van der Waals surface area contributed by atoms with E-state index in [2.05, 4.69) is 5.10 Å². The second kappa shape index (κ2) is 7.11. The summed E-state index contributed by atoms with van der Waals surface area (Å²) in [5, 5.41) is 13.7. The summed E-state index contributed by atoms with van der Waals surface area (Å²) >= 11 is 0. The summed E-state index contributed by atoms with van der Waals surface area (Å²) in [6.07, 6.45) is 2.43. The van der Waals surface area contributed by atoms with Gasteiger partial charge < -0.3 is 14.7 Å². The number of morpholine rings is 1. The molecule has 1 amide bonds. The largest absolute Gasteiger partial charge is 0.479 e. The molecule has 1 atom stereocenters. The molecule has 142 valence electrons. The van der Waals surface area contributed by atoms with E-state index in [0.717, 1.165) is 36.9 Å². The Balaban J connectivity index is 1.70. The third-order valence-corrected chi connectivity index (χ3v) is 5.06. The Morgan fingerprint density at radius 2 is 2.07 bits per heavy atom. The highest BCUT2D eigenvalue weighted by Gasteiger charge is 2.33. The molecule has 2 heterocycles. The fourth-order valence-corrected chi connectivity index (χ4v) is 3.73. The van der Waals surface area contributed by atoms with E-state index in [9.17, 15) is 14.0 Å². The van der Waals surface area contributed by atoms with E-state index in [4.69, 9.17) is 9.84 Å². The van der Waals surface area contributed by atoms with Crippen molar-refractivity contribution in [2.75, 3.05) is 19.7 Å². The average Bonchev–Trinajstić information content (AvgIpc) is 3.07. The summed E-state index contributed by atoms with van der Waals surface area (Å²) < 4.78 is 20.5. The second-order valence-corrected chi connectivity index (χ2v) is 6.82. The van der Waals surface area contributed by atoms with Gasteiger partial charge in [-0.3, -0.25) is 4.79 Å². The van der Waals surface area contributed by atoms with Gasteiger partial charge in [0.2, 0.25) is 0 Å². The molecule has 1 N–H and O–H groups in total. The monoisotopic (exact) mass is 373 g/mol. The van der Waals surface area contributed by atoms with Crippen LogP contribution in [0.2, 0.25) is 0 Å². The first-order valence-corrected chi connectivity index (χ1v) is 9.05. The molecule has 1 aromatic carbocycles. The quantitative estimate of drug-likeness (QED) is 0.887. The fraction of sp³-hybridized carbons (Fsp3) is 0.421. The first kappa shape index (κ1) is 17.7. The first-order valence-electron chi connectivity index (χ1n) is 9.05. The van der Waals surface area contributed by atoms with Crippen molar-refractivity contribution in [3.05, 3.63) is 47.0 Å². The SMILES string of the molecule is O=C(O)C1CN(C(=O)c2nn(-c3cccc(F)c3)c3c2CCCC3)CCO1. The number of carbonyl (C=O) groups excluding carboxylic acids is 1. The van der Waals surface area contributed by atoms with E-state index >= 15 is 0 Å². The number of carbonyl (C=O) groups is 2. The number of amides is 1. The van der Waals surface area contributed by atoms with Gasteiger partial charge in [-0.15, -0.1) is 0 Å². The Bertz CT molecular complexity index is 895. The molecular weight excluding hydrogens is 353 g/mol. The smallest absolute Gasteiger partial charge is 0.334 e. The number of nitrogens with zero attached hydrogens (tertiary/aromatic N) is 3. The topological polar surface area (TPSA) is 84.7 Å². The van der Waals surface area contributed by atoms with Crippen LogP contribution in [0.5, 0.6) is 0 Å². The molecule has 0 radical (unpaired) electrons. The first-order chi connectivity index (χ1) is 13.0. The van der Waals surface area contributed by atoms with E-state index in [1.807, 2.05) is 0 Å². The van der Waals surface area contributed by atoms with Gasteiger partial charge in [0, 0.05) is 17.8 Å². The summed E-state index contributed by atoms with van der Waals surface area (Å²) in [4.78, 5) is 25.8. The summed E-state index contributed by atoms with van der Waals surface area (Å²) in [5.41, 5.74) is 2.73. The van der Waals surface area contributed by atoms with E-state index < -0.39 is 12.1 Å². The van der Waals surface area contributed by atoms with Gasteiger partial charge in [-0.25, -0.2) is 13.9 Å². The molecule has 2 aliphatic rings. The molecule has 8 heteroatoms. The molecule has 1 aliphatic carbocycles. The third-order valence-electron chi connectivity index (χ3n) is 5.06. The molecule has 7 nitrogen and oxygen atoms in total. The van der Waals surface area contributed by atoms with Crippen LogP contribution in [0.25, 0.3) is 5.69 Å². The van der Waals surface area contributed by atoms with Crippen molar-refractivity contribution in [2.45, 2.75) is 31.8 Å². The zero-order chi connectivity index (χ0) is 19.0. The summed E-state index contributed by atoms with van der Waals surface area (Å²) in [6, 6.07) is 6.13. The third kappa shape index (κ3) is 3.32. The molecule has 1 aromatic heterocycles. The minimum Gasteiger partial charge on any atom is -0.479 e. The van der Waals surface area contributed by atoms with E-state index in [1.165, 1.54) is 17.0 Å². The molecular formula is C19H20FN3O4. The minimum atomic E-state index is -1.08. The van der Waals surface area contributed by atoms with Crippen molar-refractivity contribution >= 4 is 11.9 Å². The lowest BCUT2D eigenvalue weighted by Crippen LogP contribution is -2.48. The number of benzene rings is 1. The Morgan fingerprint density at radius 1 is 1.26 bits per heavy atom. The van der Waals surface area contributed by atoms with Crippen LogP contribution in [0, 0.1) is 5.82 Å². The average molecular weight is 373 g/mol. The summed E-state index contributed by atoms with van der Waals surface area (Å²) in [6.45, 7) is 0.496. The van der Waals surface area contributed by atoms with Crippen LogP contribution in [0.15, 0.2) is 24.3 Å². The van der Waals surface area contributed by atoms with E-state index in [-0.39, 0.29) is 24.9 Å². The molecule has 0 saturated carbocycles. The second-order valence-electron chi connectivity index (χ2n) is 6.82. The molecule has 2 aromatic rings. The Morgan fingerprint density at radius 3 is 2.85 bits per heavy atom. The number of aromatic nitrogens is 2. The van der Waals surface area contributed by atoms with Crippen molar-refractivity contribution in [1.29, 1.82) is 0 Å². The maximum Gasteiger partial charge on any atom is 0.334 e. The maximum atomic E-state index is 13.7. The Labute approximate surface area is 155 Å². The molecule has 1 saturated heterocycles. The van der Waals surface area contributed by atoms with Crippen LogP contribution in [-0.2, 0) is 22.4 Å². The molecule has 27 heavy (non-hydrogen) atoms. The molecule has 1 aliphatic heterocycles. The van der Waals surface area contributed by atoms with Gasteiger partial charge in [0.05, 0.1) is 18.8 Å². The lowest BCUT2D eigenvalue weighted by Gasteiger charge is -2.30. The number of halogens is 1. The number of fused-ring (bicyclic) bond motifs is 1. The molecule has 0 spiro atoms. The normalized spacial score (nSPS) is 19.6. The van der Waals surface area contributed by atoms with E-state index in [0.29, 0.717) is 17.9 Å². The standard InChI is InChI=1S/C19H20FN3O4/c20-12-4-3-5-13(10-12)23-15-7-2-1-6-14(15)17(21-23)18(24)22-8-9-27-16(11-22)19(25)26/h3-5,10,16H,1-2,6-9,11H2,(H,25,26). The van der Waals surface area contributed by atoms with Crippen molar-refractivity contribution in [2.24, 2.45) is 0 Å². The number of aliphatic carboxylic acids is 1. The van der Waals surface area contributed by atoms with Gasteiger partial charge in [-0.05, 0) is 43.9 Å². The molecule has 0 bridgehead atoms. The highest BCUT2D eigenvalue weighted by Crippen LogP contribution is 2.28. The van der Waals surface area contributed by atoms with Crippen LogP contribution in [0.3, 0.4) is 0 Å². The van der Waals surface area contributed by atoms with Gasteiger partial charge in [-0.1, -0.05) is 6.07 Å². The van der Waals surface area contributed by atoms with Crippen molar-refractivity contribution in [1.82, 2.24) is 14.7 Å². The lowest BCUT2D eigenvalue weighted by molar-refractivity contribution is -0.154. The Kier molecular flexibility index (Phi) is 4.65. The van der Waals surface area contributed by atoms with Gasteiger partial charge in [-0.2, -0.15) is 5.10 Å². The van der Waals surface area contributed by atoms with Crippen LogP contribution in [0.1, 0.15) is 34.6 Å². The molecule has 4 rings (SSSR count). The highest BCUT2D eigenvalue weighted by molar-refractivity contribution is 5.94. The summed E-state index contributed by atoms with van der Waals surface area (Å²) in [7, 11) is 0. The molecule has 1 fully saturated rings. The number of hydrogen-bond acceptors (Lipinski definition) is 4. The van der Waals surface area contributed by atoms with E-state index in [1.54, 1.807) is 16.8 Å². The van der Waals surface area contributed by atoms with Crippen LogP contribution in [0.4, 0.5) is 4.39 Å². The number of ether oxygens (including phenoxy) is 1. The van der Waals surface area contributed by atoms with Crippen LogP contribution in [-0.4, -0.2) is 57.5 Å². The lowest BCUT2D eigenvalue weighted by atomic mass is 9.95. The van der Waals surface area contributed by atoms with Crippen LogP contribution >= 0.6 is 0 Å². The minimum absolute atomic E-state index is 0.00420. The van der Waals surface area contributed by atoms with Crippen molar-refractivity contribution in [3.8, 4) is 5.69 Å². The molecule has 1 unspecified atom stereocenters. The summed E-state index contributed by atoms with van der Waals surface area (Å²) in [5.74, 6) is -1.74. The number of carboxylic acids is 1. The van der Waals surface area contributed by atoms with Gasteiger partial charge in [0.15, 0.2) is 11.8 Å². The van der Waals surface area contributed by atoms with Crippen molar-refractivity contribution in [3.63, 3.8) is 0 Å². The number of hydrogen-bond donors (Lipinski definition) is 1. The predicted molar refractivity (Wildman–Crippen MR) is 93.4 cm³/mol.